The molecule has 1 N–H and O–H groups in total. The van der Waals surface area contributed by atoms with E-state index >= 15 is 0 Å². The highest BCUT2D eigenvalue weighted by molar-refractivity contribution is 7.15. The maximum absolute atomic E-state index is 12.4. The van der Waals surface area contributed by atoms with Crippen molar-refractivity contribution in [3.8, 4) is 0 Å². The number of piperidine rings is 1. The molecule has 0 amide bonds. The van der Waals surface area contributed by atoms with Crippen LogP contribution in [0.15, 0.2) is 6.20 Å². The predicted molar refractivity (Wildman–Crippen MR) is 75.1 cm³/mol. The topological polar surface area (TPSA) is 28.2 Å². The van der Waals surface area contributed by atoms with Gasteiger partial charge in [0.1, 0.15) is 4.88 Å². The van der Waals surface area contributed by atoms with Crippen molar-refractivity contribution < 1.29 is 13.2 Å². The van der Waals surface area contributed by atoms with E-state index < -0.39 is 11.1 Å². The van der Waals surface area contributed by atoms with Gasteiger partial charge in [-0.15, -0.1) is 0 Å². The Morgan fingerprint density at radius 3 is 2.70 bits per heavy atom. The number of nitrogens with zero attached hydrogens (tertiary/aromatic N) is 2. The smallest absolute Gasteiger partial charge is 0.361 e. The summed E-state index contributed by atoms with van der Waals surface area (Å²) in [6.07, 6.45) is 0.0140. The largest absolute Gasteiger partial charge is 0.427 e. The predicted octanol–water partition coefficient (Wildman–Crippen LogP) is 3.70. The summed E-state index contributed by atoms with van der Waals surface area (Å²) in [6, 6.07) is 0. The monoisotopic (exact) mass is 307 g/mol. The molecule has 1 aliphatic rings. The number of aromatic nitrogens is 1. The Hall–Kier alpha value is -0.820. The molecule has 1 aromatic rings. The lowest BCUT2D eigenvalue weighted by Gasteiger charge is -2.30. The molecule has 1 fully saturated rings. The molecule has 2 heterocycles. The maximum atomic E-state index is 12.4. The van der Waals surface area contributed by atoms with Crippen LogP contribution in [0.1, 0.15) is 31.1 Å². The van der Waals surface area contributed by atoms with Crippen molar-refractivity contribution in [1.82, 2.24) is 9.88 Å². The standard InChI is InChI=1S/C13H20F3N3S/c1-10-3-7-19(8-4-10)6-2-5-17-12-18-9-11(20-12)13(14,15)16/h9-10H,2-8H2,1H3,(H,17,18). The van der Waals surface area contributed by atoms with Gasteiger partial charge in [-0.3, -0.25) is 0 Å². The first-order chi connectivity index (χ1) is 9.45. The van der Waals surface area contributed by atoms with Crippen LogP contribution < -0.4 is 5.32 Å². The summed E-state index contributed by atoms with van der Waals surface area (Å²) in [6.45, 7) is 6.21. The molecule has 0 atom stereocenters. The van der Waals surface area contributed by atoms with Crippen LogP contribution in [-0.4, -0.2) is 36.1 Å². The third kappa shape index (κ3) is 4.63. The number of rotatable bonds is 5. The van der Waals surface area contributed by atoms with Crippen LogP contribution in [0.3, 0.4) is 0 Å². The van der Waals surface area contributed by atoms with Crippen molar-refractivity contribution in [1.29, 1.82) is 0 Å². The first-order valence-corrected chi connectivity index (χ1v) is 7.76. The van der Waals surface area contributed by atoms with E-state index in [0.717, 1.165) is 38.2 Å². The van der Waals surface area contributed by atoms with Gasteiger partial charge in [0, 0.05) is 6.54 Å². The summed E-state index contributed by atoms with van der Waals surface area (Å²) in [7, 11) is 0. The Balaban J connectivity index is 1.65. The summed E-state index contributed by atoms with van der Waals surface area (Å²) < 4.78 is 37.2. The number of likely N-dealkylation sites (tertiary alicyclic amines) is 1. The van der Waals surface area contributed by atoms with Crippen LogP contribution in [0, 0.1) is 5.92 Å². The van der Waals surface area contributed by atoms with Crippen LogP contribution in [0.4, 0.5) is 18.3 Å². The molecule has 1 aliphatic heterocycles. The second-order valence-electron chi connectivity index (χ2n) is 5.33. The minimum absolute atomic E-state index is 0.351. The number of nitrogens with one attached hydrogen (secondary N) is 1. The molecule has 0 radical (unpaired) electrons. The van der Waals surface area contributed by atoms with Crippen molar-refractivity contribution in [2.24, 2.45) is 5.92 Å². The normalized spacial score (nSPS) is 18.4. The Labute approximate surface area is 121 Å². The highest BCUT2D eigenvalue weighted by atomic mass is 32.1. The van der Waals surface area contributed by atoms with Gasteiger partial charge in [0.25, 0.3) is 0 Å². The van der Waals surface area contributed by atoms with Gasteiger partial charge in [0.05, 0.1) is 6.20 Å². The van der Waals surface area contributed by atoms with Crippen LogP contribution >= 0.6 is 11.3 Å². The summed E-state index contributed by atoms with van der Waals surface area (Å²) in [5, 5.41) is 3.32. The van der Waals surface area contributed by atoms with Crippen molar-refractivity contribution in [3.05, 3.63) is 11.1 Å². The first-order valence-electron chi connectivity index (χ1n) is 6.94. The molecule has 0 aromatic carbocycles. The fraction of sp³-hybridized carbons (Fsp3) is 0.769. The molecule has 20 heavy (non-hydrogen) atoms. The fourth-order valence-corrected chi connectivity index (χ4v) is 2.98. The highest BCUT2D eigenvalue weighted by Crippen LogP contribution is 2.34. The number of hydrogen-bond donors (Lipinski definition) is 1. The second kappa shape index (κ2) is 6.76. The van der Waals surface area contributed by atoms with Gasteiger partial charge in [-0.2, -0.15) is 13.2 Å². The zero-order chi connectivity index (χ0) is 14.6. The lowest BCUT2D eigenvalue weighted by Crippen LogP contribution is -2.34. The Morgan fingerprint density at radius 2 is 2.10 bits per heavy atom. The quantitative estimate of drug-likeness (QED) is 0.841. The average molecular weight is 307 g/mol. The van der Waals surface area contributed by atoms with Crippen molar-refractivity contribution in [3.63, 3.8) is 0 Å². The van der Waals surface area contributed by atoms with Crippen LogP contribution in [0.25, 0.3) is 0 Å². The lowest BCUT2D eigenvalue weighted by molar-refractivity contribution is -0.134. The van der Waals surface area contributed by atoms with Crippen molar-refractivity contribution >= 4 is 16.5 Å². The van der Waals surface area contributed by atoms with E-state index in [2.05, 4.69) is 22.1 Å². The van der Waals surface area contributed by atoms with Gasteiger partial charge in [-0.1, -0.05) is 18.3 Å². The molecule has 114 valence electrons. The van der Waals surface area contributed by atoms with Gasteiger partial charge in [-0.25, -0.2) is 4.98 Å². The Morgan fingerprint density at radius 1 is 1.40 bits per heavy atom. The van der Waals surface area contributed by atoms with E-state index in [9.17, 15) is 13.2 Å². The summed E-state index contributed by atoms with van der Waals surface area (Å²) in [4.78, 5) is 5.52. The van der Waals surface area contributed by atoms with Crippen molar-refractivity contribution in [2.45, 2.75) is 32.4 Å². The number of hydrogen-bond acceptors (Lipinski definition) is 4. The SMILES string of the molecule is CC1CCN(CCCNc2ncc(C(F)(F)F)s2)CC1. The minimum Gasteiger partial charge on any atom is -0.361 e. The zero-order valence-corrected chi connectivity index (χ0v) is 12.4. The average Bonchev–Trinajstić information content (AvgIpc) is 2.85. The molecule has 0 aliphatic carbocycles. The van der Waals surface area contributed by atoms with Gasteiger partial charge >= 0.3 is 6.18 Å². The molecular weight excluding hydrogens is 287 g/mol. The molecule has 0 unspecified atom stereocenters. The molecule has 1 saturated heterocycles. The molecule has 3 nitrogen and oxygen atoms in total. The molecule has 7 heteroatoms. The van der Waals surface area contributed by atoms with E-state index in [4.69, 9.17) is 0 Å². The number of halogens is 3. The van der Waals surface area contributed by atoms with Crippen LogP contribution in [0.5, 0.6) is 0 Å². The molecule has 0 spiro atoms. The summed E-state index contributed by atoms with van der Waals surface area (Å²) in [5.74, 6) is 0.820. The summed E-state index contributed by atoms with van der Waals surface area (Å²) >= 11 is 0.665. The molecule has 0 bridgehead atoms. The lowest BCUT2D eigenvalue weighted by atomic mass is 9.99. The minimum atomic E-state index is -4.29. The molecular formula is C13H20F3N3S. The number of alkyl halides is 3. The zero-order valence-electron chi connectivity index (χ0n) is 11.5. The van der Waals surface area contributed by atoms with E-state index in [1.165, 1.54) is 12.8 Å². The maximum Gasteiger partial charge on any atom is 0.427 e. The molecule has 0 saturated carbocycles. The van der Waals surface area contributed by atoms with Gasteiger partial charge < -0.3 is 10.2 Å². The van der Waals surface area contributed by atoms with Crippen molar-refractivity contribution in [2.75, 3.05) is 31.5 Å². The van der Waals surface area contributed by atoms with Gasteiger partial charge in [0.15, 0.2) is 5.13 Å². The fourth-order valence-electron chi connectivity index (χ4n) is 2.27. The van der Waals surface area contributed by atoms with Gasteiger partial charge in [-0.05, 0) is 44.8 Å². The van der Waals surface area contributed by atoms with E-state index in [0.29, 0.717) is 23.0 Å². The van der Waals surface area contributed by atoms with E-state index in [-0.39, 0.29) is 0 Å². The number of anilines is 1. The van der Waals surface area contributed by atoms with E-state index in [1.807, 2.05) is 0 Å². The van der Waals surface area contributed by atoms with Crippen LogP contribution in [0.2, 0.25) is 0 Å². The molecule has 2 rings (SSSR count). The highest BCUT2D eigenvalue weighted by Gasteiger charge is 2.33. The van der Waals surface area contributed by atoms with Crippen LogP contribution in [-0.2, 0) is 6.18 Å². The Bertz CT molecular complexity index is 411. The third-order valence-electron chi connectivity index (χ3n) is 3.59. The molecule has 1 aromatic heterocycles. The second-order valence-corrected chi connectivity index (χ2v) is 6.36. The Kier molecular flexibility index (Phi) is 5.26. The summed E-state index contributed by atoms with van der Waals surface area (Å²) in [5.41, 5.74) is 0. The third-order valence-corrected chi connectivity index (χ3v) is 4.59. The first kappa shape index (κ1) is 15.6. The van der Waals surface area contributed by atoms with E-state index in [1.54, 1.807) is 0 Å². The van der Waals surface area contributed by atoms with Gasteiger partial charge in [0.2, 0.25) is 0 Å². The number of thiazole rings is 1.